The minimum atomic E-state index is -4.69. The summed E-state index contributed by atoms with van der Waals surface area (Å²) in [4.78, 5) is 15.0. The monoisotopic (exact) mass is 289 g/mol. The lowest BCUT2D eigenvalue weighted by molar-refractivity contribution is -0.157. The third-order valence-corrected chi connectivity index (χ3v) is 4.49. The zero-order chi connectivity index (χ0) is 14.5. The lowest BCUT2D eigenvalue weighted by Crippen LogP contribution is -2.69. The largest absolute Gasteiger partial charge is 0.468 e. The normalized spacial score (nSPS) is 27.8. The Morgan fingerprint density at radius 2 is 2.20 bits per heavy atom. The second-order valence-electron chi connectivity index (χ2n) is 5.49. The molecule has 2 saturated carbocycles. The molecule has 3 rings (SSSR count). The van der Waals surface area contributed by atoms with E-state index in [0.717, 1.165) is 25.5 Å². The number of nitrogens with two attached hydrogens (primary N) is 1. The number of alkyl halides is 3. The maximum atomic E-state index is 12.3. The second-order valence-corrected chi connectivity index (χ2v) is 5.49. The molecular formula is C12H14F3N3O2. The first kappa shape index (κ1) is 13.4. The zero-order valence-electron chi connectivity index (χ0n) is 10.5. The van der Waals surface area contributed by atoms with Gasteiger partial charge in [0.25, 0.3) is 5.91 Å². The average molecular weight is 289 g/mol. The van der Waals surface area contributed by atoms with Crippen molar-refractivity contribution in [3.8, 4) is 0 Å². The molecule has 1 aromatic heterocycles. The van der Waals surface area contributed by atoms with E-state index in [-0.39, 0.29) is 23.2 Å². The van der Waals surface area contributed by atoms with E-state index in [0.29, 0.717) is 6.42 Å². The van der Waals surface area contributed by atoms with Crippen LogP contribution in [0.2, 0.25) is 0 Å². The van der Waals surface area contributed by atoms with Crippen LogP contribution in [0.15, 0.2) is 10.7 Å². The van der Waals surface area contributed by atoms with Gasteiger partial charge in [0.05, 0.1) is 0 Å². The summed E-state index contributed by atoms with van der Waals surface area (Å²) in [6, 6.07) is -0.0191. The van der Waals surface area contributed by atoms with Crippen molar-refractivity contribution >= 4 is 5.91 Å². The van der Waals surface area contributed by atoms with Gasteiger partial charge < -0.3 is 15.5 Å². The van der Waals surface area contributed by atoms with Crippen LogP contribution in [0, 0.1) is 5.41 Å². The topological polar surface area (TPSA) is 81.1 Å². The third kappa shape index (κ3) is 1.90. The van der Waals surface area contributed by atoms with Crippen molar-refractivity contribution in [2.24, 2.45) is 11.1 Å². The third-order valence-electron chi connectivity index (χ3n) is 4.49. The van der Waals surface area contributed by atoms with Gasteiger partial charge in [-0.2, -0.15) is 13.2 Å². The molecule has 3 N–H and O–H groups in total. The molecule has 110 valence electrons. The molecule has 2 unspecified atom stereocenters. The predicted octanol–water partition coefficient (Wildman–Crippen LogP) is 1.69. The van der Waals surface area contributed by atoms with E-state index < -0.39 is 18.0 Å². The number of rotatable bonds is 2. The first-order valence-electron chi connectivity index (χ1n) is 6.42. The molecule has 0 bridgehead atoms. The van der Waals surface area contributed by atoms with E-state index >= 15 is 0 Å². The Hall–Kier alpha value is -1.57. The molecule has 1 amide bonds. The van der Waals surface area contributed by atoms with Crippen molar-refractivity contribution in [3.63, 3.8) is 0 Å². The SMILES string of the molecule is NC1CC(NC(=O)c2coc(C(F)(F)F)n2)C12CCC2. The van der Waals surface area contributed by atoms with Gasteiger partial charge in [-0.15, -0.1) is 0 Å². The number of aromatic nitrogens is 1. The van der Waals surface area contributed by atoms with Crippen molar-refractivity contribution < 1.29 is 22.4 Å². The summed E-state index contributed by atoms with van der Waals surface area (Å²) in [6.07, 6.45) is -0.341. The van der Waals surface area contributed by atoms with Gasteiger partial charge >= 0.3 is 12.1 Å². The number of nitrogens with one attached hydrogen (secondary N) is 1. The van der Waals surface area contributed by atoms with Crippen molar-refractivity contribution in [3.05, 3.63) is 17.8 Å². The zero-order valence-corrected chi connectivity index (χ0v) is 10.5. The molecule has 0 aliphatic heterocycles. The second kappa shape index (κ2) is 4.21. The summed E-state index contributed by atoms with van der Waals surface area (Å²) in [6.45, 7) is 0. The van der Waals surface area contributed by atoms with Crippen molar-refractivity contribution in [2.45, 2.75) is 43.9 Å². The fourth-order valence-electron chi connectivity index (χ4n) is 3.07. The Kier molecular flexibility index (Phi) is 2.82. The van der Waals surface area contributed by atoms with Gasteiger partial charge in [0, 0.05) is 17.5 Å². The Balaban J connectivity index is 1.67. The molecule has 2 aliphatic carbocycles. The molecule has 1 aromatic rings. The minimum Gasteiger partial charge on any atom is -0.441 e. The van der Waals surface area contributed by atoms with Gasteiger partial charge in [0.15, 0.2) is 5.69 Å². The molecule has 0 aromatic carbocycles. The van der Waals surface area contributed by atoms with E-state index in [9.17, 15) is 18.0 Å². The van der Waals surface area contributed by atoms with Crippen LogP contribution in [0.1, 0.15) is 42.1 Å². The summed E-state index contributed by atoms with van der Waals surface area (Å²) >= 11 is 0. The number of carbonyl (C=O) groups excluding carboxylic acids is 1. The summed E-state index contributed by atoms with van der Waals surface area (Å²) in [7, 11) is 0. The fourth-order valence-corrected chi connectivity index (χ4v) is 3.07. The van der Waals surface area contributed by atoms with Crippen LogP contribution in [-0.2, 0) is 6.18 Å². The Bertz CT molecular complexity index is 536. The molecular weight excluding hydrogens is 275 g/mol. The number of hydrogen-bond acceptors (Lipinski definition) is 4. The number of carbonyl (C=O) groups is 1. The van der Waals surface area contributed by atoms with Crippen LogP contribution in [0.4, 0.5) is 13.2 Å². The molecule has 2 fully saturated rings. The van der Waals surface area contributed by atoms with Crippen LogP contribution in [0.25, 0.3) is 0 Å². The Labute approximate surface area is 112 Å². The molecule has 1 spiro atoms. The highest BCUT2D eigenvalue weighted by molar-refractivity contribution is 5.92. The molecule has 2 atom stereocenters. The number of oxazole rings is 1. The van der Waals surface area contributed by atoms with Crippen molar-refractivity contribution in [2.75, 3.05) is 0 Å². The standard InChI is InChI=1S/C12H14F3N3O2/c13-12(14,15)10-17-6(5-20-10)9(19)18-8-4-7(16)11(8)2-1-3-11/h5,7-8H,1-4,16H2,(H,18,19). The Morgan fingerprint density at radius 3 is 2.65 bits per heavy atom. The maximum absolute atomic E-state index is 12.3. The van der Waals surface area contributed by atoms with Gasteiger partial charge in [-0.25, -0.2) is 4.98 Å². The van der Waals surface area contributed by atoms with Crippen molar-refractivity contribution in [1.82, 2.24) is 10.3 Å². The number of halogens is 3. The highest BCUT2D eigenvalue weighted by atomic mass is 19.4. The highest BCUT2D eigenvalue weighted by Gasteiger charge is 2.57. The fraction of sp³-hybridized carbons (Fsp3) is 0.667. The van der Waals surface area contributed by atoms with Crippen LogP contribution in [0.3, 0.4) is 0 Å². The van der Waals surface area contributed by atoms with Crippen LogP contribution in [0.5, 0.6) is 0 Å². The molecule has 1 heterocycles. The molecule has 2 aliphatic rings. The lowest BCUT2D eigenvalue weighted by atomic mass is 9.50. The lowest BCUT2D eigenvalue weighted by Gasteiger charge is -2.60. The summed E-state index contributed by atoms with van der Waals surface area (Å²) in [5, 5.41) is 2.71. The average Bonchev–Trinajstić information content (AvgIpc) is 2.74. The predicted molar refractivity (Wildman–Crippen MR) is 61.6 cm³/mol. The molecule has 5 nitrogen and oxygen atoms in total. The smallest absolute Gasteiger partial charge is 0.441 e. The van der Waals surface area contributed by atoms with Crippen LogP contribution in [-0.4, -0.2) is 23.0 Å². The number of nitrogens with zero attached hydrogens (tertiary/aromatic N) is 1. The van der Waals surface area contributed by atoms with Crippen LogP contribution >= 0.6 is 0 Å². The molecule has 0 radical (unpaired) electrons. The van der Waals surface area contributed by atoms with Gasteiger partial charge in [-0.3, -0.25) is 4.79 Å². The van der Waals surface area contributed by atoms with E-state index in [2.05, 4.69) is 14.7 Å². The molecule has 8 heteroatoms. The maximum Gasteiger partial charge on any atom is 0.468 e. The van der Waals surface area contributed by atoms with Gasteiger partial charge in [-0.05, 0) is 19.3 Å². The van der Waals surface area contributed by atoms with Crippen LogP contribution < -0.4 is 11.1 Å². The highest BCUT2D eigenvalue weighted by Crippen LogP contribution is 2.55. The molecule has 0 saturated heterocycles. The van der Waals surface area contributed by atoms with Gasteiger partial charge in [-0.1, -0.05) is 6.42 Å². The van der Waals surface area contributed by atoms with E-state index in [1.807, 2.05) is 0 Å². The summed E-state index contributed by atoms with van der Waals surface area (Å²) in [5.74, 6) is -2.06. The summed E-state index contributed by atoms with van der Waals surface area (Å²) in [5.41, 5.74) is 5.53. The van der Waals surface area contributed by atoms with Gasteiger partial charge in [0.1, 0.15) is 6.26 Å². The van der Waals surface area contributed by atoms with Crippen molar-refractivity contribution in [1.29, 1.82) is 0 Å². The Morgan fingerprint density at radius 1 is 1.50 bits per heavy atom. The number of amides is 1. The van der Waals surface area contributed by atoms with E-state index in [1.54, 1.807) is 0 Å². The quantitative estimate of drug-likeness (QED) is 0.868. The van der Waals surface area contributed by atoms with Gasteiger partial charge in [0.2, 0.25) is 0 Å². The first-order valence-corrected chi connectivity index (χ1v) is 6.42. The molecule has 20 heavy (non-hydrogen) atoms. The summed E-state index contributed by atoms with van der Waals surface area (Å²) < 4.78 is 41.3. The number of hydrogen-bond donors (Lipinski definition) is 2. The van der Waals surface area contributed by atoms with E-state index in [1.165, 1.54) is 0 Å². The van der Waals surface area contributed by atoms with E-state index in [4.69, 9.17) is 5.73 Å². The first-order chi connectivity index (χ1) is 9.33. The minimum absolute atomic E-state index is 0.0598.